The summed E-state index contributed by atoms with van der Waals surface area (Å²) in [6, 6.07) is 17.4. The highest BCUT2D eigenvalue weighted by Gasteiger charge is 2.18. The summed E-state index contributed by atoms with van der Waals surface area (Å²) in [5.41, 5.74) is 4.08. The molecule has 0 spiro atoms. The van der Waals surface area contributed by atoms with Crippen molar-refractivity contribution in [2.24, 2.45) is 14.1 Å². The molecule has 0 unspecified atom stereocenters. The first-order chi connectivity index (χ1) is 13.9. The minimum absolute atomic E-state index is 0.244. The van der Waals surface area contributed by atoms with Crippen LogP contribution in [0.2, 0.25) is 0 Å². The molecule has 2 aromatic carbocycles. The number of aryl methyl sites for hydroxylation is 2. The van der Waals surface area contributed by atoms with Crippen LogP contribution in [0.15, 0.2) is 64.2 Å². The highest BCUT2D eigenvalue weighted by Crippen LogP contribution is 2.34. The molecule has 6 nitrogen and oxygen atoms in total. The average Bonchev–Trinajstić information content (AvgIpc) is 2.75. The Morgan fingerprint density at radius 1 is 0.897 bits per heavy atom. The van der Waals surface area contributed by atoms with Gasteiger partial charge in [-0.1, -0.05) is 36.4 Å². The Labute approximate surface area is 167 Å². The lowest BCUT2D eigenvalue weighted by atomic mass is 10.00. The van der Waals surface area contributed by atoms with Gasteiger partial charge in [-0.05, 0) is 36.2 Å². The number of benzene rings is 2. The highest BCUT2D eigenvalue weighted by molar-refractivity contribution is 5.94. The number of aromatic nitrogens is 3. The maximum Gasteiger partial charge on any atom is 0.331 e. The Bertz CT molecular complexity index is 1350. The smallest absolute Gasteiger partial charge is 0.331 e. The molecular weight excluding hydrogens is 366 g/mol. The van der Waals surface area contributed by atoms with Crippen molar-refractivity contribution in [1.82, 2.24) is 14.1 Å². The van der Waals surface area contributed by atoms with E-state index < -0.39 is 5.56 Å². The fourth-order valence-electron chi connectivity index (χ4n) is 3.58. The first-order valence-electron chi connectivity index (χ1n) is 9.23. The van der Waals surface area contributed by atoms with Gasteiger partial charge in [0.2, 0.25) is 0 Å². The van der Waals surface area contributed by atoms with Crippen molar-refractivity contribution in [3.63, 3.8) is 0 Å². The van der Waals surface area contributed by atoms with Gasteiger partial charge in [0.05, 0.1) is 18.3 Å². The summed E-state index contributed by atoms with van der Waals surface area (Å²) < 4.78 is 8.11. The molecule has 0 saturated carbocycles. The summed E-state index contributed by atoms with van der Waals surface area (Å²) in [5.74, 6) is 0.678. The molecule has 0 atom stereocenters. The van der Waals surface area contributed by atoms with E-state index in [0.717, 1.165) is 26.8 Å². The maximum atomic E-state index is 12.9. The fraction of sp³-hybridized carbons (Fsp3) is 0.174. The van der Waals surface area contributed by atoms with Crippen molar-refractivity contribution in [3.8, 4) is 28.1 Å². The number of pyridine rings is 1. The molecule has 4 aromatic rings. The molecule has 0 N–H and O–H groups in total. The van der Waals surface area contributed by atoms with Crippen LogP contribution in [0, 0.1) is 6.92 Å². The van der Waals surface area contributed by atoms with Crippen molar-refractivity contribution in [2.75, 3.05) is 7.11 Å². The van der Waals surface area contributed by atoms with Gasteiger partial charge in [0.1, 0.15) is 5.75 Å². The average molecular weight is 387 g/mol. The van der Waals surface area contributed by atoms with Crippen LogP contribution in [0.4, 0.5) is 0 Å². The lowest BCUT2D eigenvalue weighted by molar-refractivity contribution is 0.416. The number of hydrogen-bond donors (Lipinski definition) is 0. The van der Waals surface area contributed by atoms with Gasteiger partial charge in [0.15, 0.2) is 5.52 Å². The molecule has 0 fully saturated rings. The third-order valence-electron chi connectivity index (χ3n) is 5.13. The van der Waals surface area contributed by atoms with E-state index in [9.17, 15) is 9.59 Å². The van der Waals surface area contributed by atoms with E-state index in [0.29, 0.717) is 17.0 Å². The van der Waals surface area contributed by atoms with Crippen molar-refractivity contribution in [1.29, 1.82) is 0 Å². The van der Waals surface area contributed by atoms with E-state index in [1.165, 1.54) is 11.6 Å². The zero-order valence-corrected chi connectivity index (χ0v) is 16.8. The predicted octanol–water partition coefficient (Wildman–Crippen LogP) is 3.28. The normalized spacial score (nSPS) is 11.0. The Morgan fingerprint density at radius 3 is 2.31 bits per heavy atom. The Hall–Kier alpha value is -3.67. The van der Waals surface area contributed by atoms with Crippen molar-refractivity contribution in [3.05, 3.63) is 81.0 Å². The third-order valence-corrected chi connectivity index (χ3v) is 5.13. The number of hydrogen-bond acceptors (Lipinski definition) is 4. The van der Waals surface area contributed by atoms with E-state index >= 15 is 0 Å². The summed E-state index contributed by atoms with van der Waals surface area (Å²) in [6.45, 7) is 1.99. The van der Waals surface area contributed by atoms with Crippen molar-refractivity contribution < 1.29 is 4.74 Å². The quantitative estimate of drug-likeness (QED) is 0.541. The van der Waals surface area contributed by atoms with Crippen LogP contribution in [-0.4, -0.2) is 21.2 Å². The molecule has 4 rings (SSSR count). The molecule has 2 aromatic heterocycles. The standard InChI is InChI=1S/C23H21N3O3/c1-14-10-11-16(19(12-14)29-4)18-13-17(15-8-6-5-7-9-15)21-20(24-18)22(27)26(3)23(28)25(21)2/h5-13H,1-4H3. The van der Waals surface area contributed by atoms with Gasteiger partial charge in [-0.2, -0.15) is 0 Å². The van der Waals surface area contributed by atoms with Crippen molar-refractivity contribution >= 4 is 11.0 Å². The topological polar surface area (TPSA) is 66.1 Å². The second-order valence-electron chi connectivity index (χ2n) is 7.03. The van der Waals surface area contributed by atoms with Crippen LogP contribution in [-0.2, 0) is 14.1 Å². The van der Waals surface area contributed by atoms with E-state index in [-0.39, 0.29) is 11.2 Å². The first kappa shape index (κ1) is 18.7. The number of nitrogens with zero attached hydrogens (tertiary/aromatic N) is 3. The SMILES string of the molecule is COc1cc(C)ccc1-c1cc(-c2ccccc2)c2c(n1)c(=O)n(C)c(=O)n2C. The van der Waals surface area contributed by atoms with Gasteiger partial charge in [0, 0.05) is 25.2 Å². The minimum atomic E-state index is -0.423. The Morgan fingerprint density at radius 2 is 1.62 bits per heavy atom. The van der Waals surface area contributed by atoms with Gasteiger partial charge in [-0.25, -0.2) is 9.78 Å². The Kier molecular flexibility index (Phi) is 4.54. The summed E-state index contributed by atoms with van der Waals surface area (Å²) in [7, 11) is 4.73. The van der Waals surface area contributed by atoms with Crippen LogP contribution in [0.1, 0.15) is 5.56 Å². The molecule has 0 bridgehead atoms. The zero-order valence-electron chi connectivity index (χ0n) is 16.8. The summed E-state index contributed by atoms with van der Waals surface area (Å²) in [4.78, 5) is 30.1. The first-order valence-corrected chi connectivity index (χ1v) is 9.23. The molecule has 2 heterocycles. The Balaban J connectivity index is 2.18. The van der Waals surface area contributed by atoms with Gasteiger partial charge in [0.25, 0.3) is 5.56 Å². The molecule has 146 valence electrons. The number of fused-ring (bicyclic) bond motifs is 1. The molecular formula is C23H21N3O3. The molecule has 0 aliphatic heterocycles. The maximum absolute atomic E-state index is 12.9. The van der Waals surface area contributed by atoms with Gasteiger partial charge >= 0.3 is 5.69 Å². The number of rotatable bonds is 3. The lowest BCUT2D eigenvalue weighted by Gasteiger charge is -2.15. The van der Waals surface area contributed by atoms with Gasteiger partial charge in [-0.15, -0.1) is 0 Å². The molecule has 0 amide bonds. The summed E-state index contributed by atoms with van der Waals surface area (Å²) in [5, 5.41) is 0. The van der Waals surface area contributed by atoms with E-state index in [2.05, 4.69) is 4.98 Å². The largest absolute Gasteiger partial charge is 0.496 e. The molecule has 0 aliphatic rings. The van der Waals surface area contributed by atoms with E-state index in [4.69, 9.17) is 4.74 Å². The molecule has 0 aliphatic carbocycles. The summed E-state index contributed by atoms with van der Waals surface area (Å²) in [6.07, 6.45) is 0. The van der Waals surface area contributed by atoms with Crippen LogP contribution < -0.4 is 16.0 Å². The minimum Gasteiger partial charge on any atom is -0.496 e. The summed E-state index contributed by atoms with van der Waals surface area (Å²) >= 11 is 0. The predicted molar refractivity (Wildman–Crippen MR) is 114 cm³/mol. The zero-order chi connectivity index (χ0) is 20.7. The molecule has 0 saturated heterocycles. The number of ether oxygens (including phenoxy) is 1. The third kappa shape index (κ3) is 3.02. The second kappa shape index (κ2) is 7.05. The van der Waals surface area contributed by atoms with Crippen LogP contribution in [0.5, 0.6) is 5.75 Å². The van der Waals surface area contributed by atoms with Crippen molar-refractivity contribution in [2.45, 2.75) is 6.92 Å². The second-order valence-corrected chi connectivity index (χ2v) is 7.03. The molecule has 6 heteroatoms. The van der Waals surface area contributed by atoms with Gasteiger partial charge in [-0.3, -0.25) is 13.9 Å². The fourth-order valence-corrected chi connectivity index (χ4v) is 3.58. The molecule has 0 radical (unpaired) electrons. The number of methoxy groups -OCH3 is 1. The highest BCUT2D eigenvalue weighted by atomic mass is 16.5. The van der Waals surface area contributed by atoms with Crippen LogP contribution >= 0.6 is 0 Å². The monoisotopic (exact) mass is 387 g/mol. The lowest BCUT2D eigenvalue weighted by Crippen LogP contribution is -2.37. The van der Waals surface area contributed by atoms with Gasteiger partial charge < -0.3 is 4.74 Å². The van der Waals surface area contributed by atoms with Crippen LogP contribution in [0.3, 0.4) is 0 Å². The van der Waals surface area contributed by atoms with E-state index in [1.54, 1.807) is 14.2 Å². The van der Waals surface area contributed by atoms with E-state index in [1.807, 2.05) is 61.5 Å². The molecule has 29 heavy (non-hydrogen) atoms. The van der Waals surface area contributed by atoms with Crippen LogP contribution in [0.25, 0.3) is 33.4 Å².